The smallest absolute Gasteiger partial charge is 0.253 e. The Morgan fingerprint density at radius 2 is 1.87 bits per heavy atom. The summed E-state index contributed by atoms with van der Waals surface area (Å²) in [6.07, 6.45) is 3.19. The molecule has 1 N–H and O–H groups in total. The second kappa shape index (κ2) is 6.39. The van der Waals surface area contributed by atoms with Gasteiger partial charge >= 0.3 is 0 Å². The Kier molecular flexibility index (Phi) is 4.14. The minimum Gasteiger partial charge on any atom is -0.321 e. The molecule has 1 amide bonds. The lowest BCUT2D eigenvalue weighted by Gasteiger charge is -2.18. The van der Waals surface area contributed by atoms with E-state index >= 15 is 0 Å². The molecule has 0 radical (unpaired) electrons. The maximum Gasteiger partial charge on any atom is 0.253 e. The van der Waals surface area contributed by atoms with Gasteiger partial charge in [-0.25, -0.2) is 8.78 Å². The summed E-state index contributed by atoms with van der Waals surface area (Å²) in [5.41, 5.74) is 0.480. The van der Waals surface area contributed by atoms with Crippen molar-refractivity contribution in [2.45, 2.75) is 6.04 Å². The Hall–Kier alpha value is -3.02. The van der Waals surface area contributed by atoms with Crippen molar-refractivity contribution < 1.29 is 13.6 Å². The lowest BCUT2D eigenvalue weighted by atomic mass is 10.1. The maximum atomic E-state index is 13.7. The van der Waals surface area contributed by atoms with E-state index in [0.29, 0.717) is 5.56 Å². The number of carbonyl (C=O) groups excluding carboxylic acids is 1. The molecule has 0 aliphatic carbocycles. The quantitative estimate of drug-likeness (QED) is 0.802. The van der Waals surface area contributed by atoms with Gasteiger partial charge in [-0.05, 0) is 23.8 Å². The third-order valence-corrected chi connectivity index (χ3v) is 3.34. The molecule has 1 heterocycles. The third-order valence-electron chi connectivity index (χ3n) is 3.34. The molecular formula is C17H13F2N3O. The fourth-order valence-electron chi connectivity index (χ4n) is 2.29. The number of aromatic nitrogens is 2. The molecule has 0 spiro atoms. The molecule has 4 nitrogen and oxygen atoms in total. The van der Waals surface area contributed by atoms with E-state index in [1.54, 1.807) is 42.7 Å². The fraction of sp³-hybridized carbons (Fsp3) is 0.0588. The van der Waals surface area contributed by atoms with E-state index < -0.39 is 23.6 Å². The SMILES string of the molecule is O=C(Nc1cc(F)ccc1F)[C@@H](c1ccccc1)n1cccn1. The van der Waals surface area contributed by atoms with Gasteiger partial charge in [-0.15, -0.1) is 0 Å². The highest BCUT2D eigenvalue weighted by molar-refractivity contribution is 5.95. The zero-order valence-corrected chi connectivity index (χ0v) is 12.0. The second-order valence-electron chi connectivity index (χ2n) is 4.91. The van der Waals surface area contributed by atoms with Gasteiger partial charge in [0, 0.05) is 18.5 Å². The van der Waals surface area contributed by atoms with Gasteiger partial charge in [0.25, 0.3) is 5.91 Å². The number of halogens is 2. The Morgan fingerprint density at radius 3 is 2.57 bits per heavy atom. The van der Waals surface area contributed by atoms with E-state index in [4.69, 9.17) is 0 Å². The van der Waals surface area contributed by atoms with Gasteiger partial charge in [0.05, 0.1) is 5.69 Å². The minimum absolute atomic E-state index is 0.205. The van der Waals surface area contributed by atoms with Crippen molar-refractivity contribution >= 4 is 11.6 Å². The highest BCUT2D eigenvalue weighted by Crippen LogP contribution is 2.22. The third kappa shape index (κ3) is 3.26. The molecule has 0 unspecified atom stereocenters. The summed E-state index contributed by atoms with van der Waals surface area (Å²) in [6.45, 7) is 0. The van der Waals surface area contributed by atoms with E-state index in [1.165, 1.54) is 4.68 Å². The van der Waals surface area contributed by atoms with Gasteiger partial charge in [0.1, 0.15) is 11.6 Å². The van der Waals surface area contributed by atoms with E-state index in [9.17, 15) is 13.6 Å². The van der Waals surface area contributed by atoms with Crippen LogP contribution in [0.2, 0.25) is 0 Å². The molecule has 23 heavy (non-hydrogen) atoms. The van der Waals surface area contributed by atoms with Crippen molar-refractivity contribution in [1.82, 2.24) is 9.78 Å². The predicted molar refractivity (Wildman–Crippen MR) is 81.8 cm³/mol. The number of nitrogens with one attached hydrogen (secondary N) is 1. The first-order valence-corrected chi connectivity index (χ1v) is 6.95. The molecule has 1 atom stereocenters. The van der Waals surface area contributed by atoms with Crippen LogP contribution in [-0.2, 0) is 4.79 Å². The van der Waals surface area contributed by atoms with Crippen LogP contribution in [0.25, 0.3) is 0 Å². The molecule has 6 heteroatoms. The summed E-state index contributed by atoms with van der Waals surface area (Å²) in [5, 5.41) is 6.51. The van der Waals surface area contributed by atoms with Gasteiger partial charge in [0.15, 0.2) is 6.04 Å². The average molecular weight is 313 g/mol. The largest absolute Gasteiger partial charge is 0.321 e. The molecule has 0 aliphatic heterocycles. The van der Waals surface area contributed by atoms with Crippen LogP contribution in [0.15, 0.2) is 67.0 Å². The lowest BCUT2D eigenvalue weighted by molar-refractivity contribution is -0.118. The number of benzene rings is 2. The van der Waals surface area contributed by atoms with Gasteiger partial charge < -0.3 is 5.32 Å². The molecule has 0 fully saturated rings. The topological polar surface area (TPSA) is 46.9 Å². The Morgan fingerprint density at radius 1 is 1.09 bits per heavy atom. The molecule has 0 bridgehead atoms. The molecule has 2 aromatic carbocycles. The van der Waals surface area contributed by atoms with Crippen LogP contribution in [-0.4, -0.2) is 15.7 Å². The van der Waals surface area contributed by atoms with Crippen molar-refractivity contribution in [1.29, 1.82) is 0 Å². The summed E-state index contributed by atoms with van der Waals surface area (Å²) < 4.78 is 28.5. The van der Waals surface area contributed by atoms with Crippen LogP contribution in [0.4, 0.5) is 14.5 Å². The van der Waals surface area contributed by atoms with Gasteiger partial charge in [-0.2, -0.15) is 5.10 Å². The Bertz CT molecular complexity index is 804. The summed E-state index contributed by atoms with van der Waals surface area (Å²) in [4.78, 5) is 12.6. The maximum absolute atomic E-state index is 13.7. The van der Waals surface area contributed by atoms with Gasteiger partial charge in [-0.3, -0.25) is 9.48 Å². The Balaban J connectivity index is 1.94. The summed E-state index contributed by atoms with van der Waals surface area (Å²) in [7, 11) is 0. The summed E-state index contributed by atoms with van der Waals surface area (Å²) in [5.74, 6) is -1.84. The average Bonchev–Trinajstić information content (AvgIpc) is 3.06. The van der Waals surface area contributed by atoms with E-state index in [1.807, 2.05) is 6.07 Å². The summed E-state index contributed by atoms with van der Waals surface area (Å²) in [6, 6.07) is 12.8. The van der Waals surface area contributed by atoms with Crippen molar-refractivity contribution in [3.63, 3.8) is 0 Å². The molecule has 0 aliphatic rings. The number of hydrogen-bond acceptors (Lipinski definition) is 2. The number of hydrogen-bond donors (Lipinski definition) is 1. The van der Waals surface area contributed by atoms with Crippen molar-refractivity contribution in [3.8, 4) is 0 Å². The number of amides is 1. The Labute approximate surface area is 131 Å². The zero-order chi connectivity index (χ0) is 16.2. The first-order chi connectivity index (χ1) is 11.1. The van der Waals surface area contributed by atoms with E-state index in [-0.39, 0.29) is 5.69 Å². The molecular weight excluding hydrogens is 300 g/mol. The first kappa shape index (κ1) is 14.9. The zero-order valence-electron chi connectivity index (χ0n) is 12.0. The number of rotatable bonds is 4. The summed E-state index contributed by atoms with van der Waals surface area (Å²) >= 11 is 0. The lowest BCUT2D eigenvalue weighted by Crippen LogP contribution is -2.27. The molecule has 116 valence electrons. The van der Waals surface area contributed by atoms with Crippen LogP contribution >= 0.6 is 0 Å². The van der Waals surface area contributed by atoms with E-state index in [0.717, 1.165) is 18.2 Å². The monoisotopic (exact) mass is 313 g/mol. The van der Waals surface area contributed by atoms with E-state index in [2.05, 4.69) is 10.4 Å². The standard InChI is InChI=1S/C17H13F2N3O/c18-13-7-8-14(19)15(11-13)21-17(23)16(22-10-4-9-20-22)12-5-2-1-3-6-12/h1-11,16H,(H,21,23)/t16-/m1/s1. The van der Waals surface area contributed by atoms with Crippen molar-refractivity contribution in [3.05, 3.63) is 84.2 Å². The molecule has 0 saturated heterocycles. The van der Waals surface area contributed by atoms with Crippen LogP contribution in [0.3, 0.4) is 0 Å². The highest BCUT2D eigenvalue weighted by atomic mass is 19.1. The van der Waals surface area contributed by atoms with Gasteiger partial charge in [-0.1, -0.05) is 30.3 Å². The first-order valence-electron chi connectivity index (χ1n) is 6.95. The number of anilines is 1. The predicted octanol–water partition coefficient (Wildman–Crippen LogP) is 3.39. The molecule has 3 aromatic rings. The molecule has 0 saturated carbocycles. The molecule has 1 aromatic heterocycles. The molecule has 3 rings (SSSR count). The number of carbonyl (C=O) groups is 1. The minimum atomic E-state index is -0.783. The van der Waals surface area contributed by atoms with Crippen molar-refractivity contribution in [2.24, 2.45) is 0 Å². The fourth-order valence-corrected chi connectivity index (χ4v) is 2.29. The van der Waals surface area contributed by atoms with Crippen LogP contribution in [0.5, 0.6) is 0 Å². The second-order valence-corrected chi connectivity index (χ2v) is 4.91. The van der Waals surface area contributed by atoms with Crippen LogP contribution in [0, 0.1) is 11.6 Å². The van der Waals surface area contributed by atoms with Crippen LogP contribution < -0.4 is 5.32 Å². The van der Waals surface area contributed by atoms with Crippen molar-refractivity contribution in [2.75, 3.05) is 5.32 Å². The normalized spacial score (nSPS) is 11.9. The van der Waals surface area contributed by atoms with Crippen LogP contribution in [0.1, 0.15) is 11.6 Å². The number of nitrogens with zero attached hydrogens (tertiary/aromatic N) is 2. The van der Waals surface area contributed by atoms with Gasteiger partial charge in [0.2, 0.25) is 0 Å². The highest BCUT2D eigenvalue weighted by Gasteiger charge is 2.23.